The lowest BCUT2D eigenvalue weighted by Crippen LogP contribution is -2.48. The third-order valence-corrected chi connectivity index (χ3v) is 5.47. The topological polar surface area (TPSA) is 40.6 Å². The molecule has 0 radical (unpaired) electrons. The van der Waals surface area contributed by atoms with Crippen LogP contribution in [0.4, 0.5) is 5.69 Å². The molecule has 1 aromatic rings. The van der Waals surface area contributed by atoms with Crippen molar-refractivity contribution in [3.8, 4) is 0 Å². The van der Waals surface area contributed by atoms with Gasteiger partial charge in [-0.1, -0.05) is 11.6 Å². The number of alkyl halides is 1. The lowest BCUT2D eigenvalue weighted by molar-refractivity contribution is 0.387. The maximum atomic E-state index is 11.6. The van der Waals surface area contributed by atoms with Crippen molar-refractivity contribution < 1.29 is 8.42 Å². The maximum absolute atomic E-state index is 11.6. The van der Waals surface area contributed by atoms with Gasteiger partial charge in [-0.25, -0.2) is 8.42 Å². The van der Waals surface area contributed by atoms with Crippen molar-refractivity contribution in [3.63, 3.8) is 0 Å². The summed E-state index contributed by atoms with van der Waals surface area (Å²) in [5.41, 5.74) is 1.06. The molecule has 0 N–H and O–H groups in total. The minimum Gasteiger partial charge on any atom is -0.369 e. The van der Waals surface area contributed by atoms with Crippen LogP contribution in [0.15, 0.2) is 24.3 Å². The molecule has 0 bridgehead atoms. The van der Waals surface area contributed by atoms with Crippen LogP contribution in [0.5, 0.6) is 0 Å². The zero-order valence-corrected chi connectivity index (χ0v) is 12.0. The highest BCUT2D eigenvalue weighted by atomic mass is 35.5. The number of piperazine rings is 1. The molecule has 2 rings (SSSR count). The number of anilines is 1. The number of nitrogens with zero attached hydrogens (tertiary/aromatic N) is 2. The minimum atomic E-state index is -3.28. The van der Waals surface area contributed by atoms with Crippen LogP contribution in [-0.2, 0) is 10.0 Å². The van der Waals surface area contributed by atoms with E-state index in [0.717, 1.165) is 5.69 Å². The van der Waals surface area contributed by atoms with E-state index in [4.69, 9.17) is 23.2 Å². The summed E-state index contributed by atoms with van der Waals surface area (Å²) < 4.78 is 24.6. The molecule has 1 heterocycles. The zero-order valence-electron chi connectivity index (χ0n) is 9.72. The molecule has 0 atom stereocenters. The molecule has 0 aliphatic carbocycles. The summed E-state index contributed by atoms with van der Waals surface area (Å²) in [6.07, 6.45) is 0. The molecule has 0 unspecified atom stereocenters. The first-order chi connectivity index (χ1) is 8.53. The molecule has 1 aliphatic heterocycles. The van der Waals surface area contributed by atoms with Crippen LogP contribution in [-0.4, -0.2) is 44.1 Å². The number of halogens is 2. The molecule has 18 heavy (non-hydrogen) atoms. The van der Waals surface area contributed by atoms with E-state index in [1.807, 2.05) is 24.3 Å². The van der Waals surface area contributed by atoms with Gasteiger partial charge in [-0.3, -0.25) is 0 Å². The van der Waals surface area contributed by atoms with E-state index >= 15 is 0 Å². The second-order valence-electron chi connectivity index (χ2n) is 4.08. The summed E-state index contributed by atoms with van der Waals surface area (Å²) in [7, 11) is -3.28. The number of benzene rings is 1. The van der Waals surface area contributed by atoms with Crippen LogP contribution in [0.1, 0.15) is 0 Å². The Morgan fingerprint density at radius 2 is 1.61 bits per heavy atom. The van der Waals surface area contributed by atoms with Gasteiger partial charge in [0.05, 0.1) is 0 Å². The summed E-state index contributed by atoms with van der Waals surface area (Å²) >= 11 is 11.3. The molecule has 0 aromatic heterocycles. The smallest absolute Gasteiger partial charge is 0.228 e. The number of hydrogen-bond donors (Lipinski definition) is 0. The highest BCUT2D eigenvalue weighted by Crippen LogP contribution is 2.20. The minimum absolute atomic E-state index is 0.353. The third-order valence-electron chi connectivity index (χ3n) is 2.96. The van der Waals surface area contributed by atoms with Crippen molar-refractivity contribution in [2.24, 2.45) is 0 Å². The first kappa shape index (κ1) is 13.9. The molecule has 7 heteroatoms. The maximum Gasteiger partial charge on any atom is 0.228 e. The summed E-state index contributed by atoms with van der Waals surface area (Å²) in [6.45, 7) is 2.27. The number of sulfonamides is 1. The van der Waals surface area contributed by atoms with Crippen molar-refractivity contribution in [1.29, 1.82) is 0 Å². The molecule has 0 saturated carbocycles. The average molecular weight is 309 g/mol. The van der Waals surface area contributed by atoms with Gasteiger partial charge in [-0.05, 0) is 24.3 Å². The van der Waals surface area contributed by atoms with Gasteiger partial charge in [0.15, 0.2) is 0 Å². The van der Waals surface area contributed by atoms with E-state index in [-0.39, 0.29) is 5.21 Å². The third kappa shape index (κ3) is 3.09. The highest BCUT2D eigenvalue weighted by Gasteiger charge is 2.25. The van der Waals surface area contributed by atoms with Gasteiger partial charge in [0.2, 0.25) is 10.0 Å². The first-order valence-electron chi connectivity index (χ1n) is 5.57. The van der Waals surface area contributed by atoms with Gasteiger partial charge in [0.25, 0.3) is 0 Å². The largest absolute Gasteiger partial charge is 0.369 e. The molecular weight excluding hydrogens is 295 g/mol. The van der Waals surface area contributed by atoms with Gasteiger partial charge in [0.1, 0.15) is 5.21 Å². The Hall–Kier alpha value is -0.490. The van der Waals surface area contributed by atoms with Gasteiger partial charge < -0.3 is 4.90 Å². The summed E-state index contributed by atoms with van der Waals surface area (Å²) in [4.78, 5) is 2.14. The predicted octanol–water partition coefficient (Wildman–Crippen LogP) is 1.99. The van der Waals surface area contributed by atoms with Crippen molar-refractivity contribution >= 4 is 38.9 Å². The molecule has 1 saturated heterocycles. The highest BCUT2D eigenvalue weighted by molar-refractivity contribution is 7.90. The monoisotopic (exact) mass is 308 g/mol. The fourth-order valence-electron chi connectivity index (χ4n) is 1.95. The molecular formula is C11H14Cl2N2O2S. The normalized spacial score (nSPS) is 18.0. The van der Waals surface area contributed by atoms with Gasteiger partial charge >= 0.3 is 0 Å². The van der Waals surface area contributed by atoms with Crippen LogP contribution in [0.25, 0.3) is 0 Å². The molecule has 1 aromatic carbocycles. The van der Waals surface area contributed by atoms with Gasteiger partial charge in [0, 0.05) is 36.9 Å². The lowest BCUT2D eigenvalue weighted by Gasteiger charge is -2.35. The molecule has 4 nitrogen and oxygen atoms in total. The first-order valence-corrected chi connectivity index (χ1v) is 8.09. The van der Waals surface area contributed by atoms with Crippen molar-refractivity contribution in [1.82, 2.24) is 4.31 Å². The zero-order chi connectivity index (χ0) is 13.2. The van der Waals surface area contributed by atoms with E-state index in [2.05, 4.69) is 4.90 Å². The molecule has 0 spiro atoms. The molecule has 1 fully saturated rings. The lowest BCUT2D eigenvalue weighted by atomic mass is 10.2. The average Bonchev–Trinajstić information content (AvgIpc) is 2.40. The van der Waals surface area contributed by atoms with Gasteiger partial charge in [-0.2, -0.15) is 4.31 Å². The molecule has 1 aliphatic rings. The Kier molecular flexibility index (Phi) is 4.37. The Bertz CT molecular complexity index is 496. The second-order valence-corrected chi connectivity index (χ2v) is 7.07. The van der Waals surface area contributed by atoms with Crippen molar-refractivity contribution in [3.05, 3.63) is 29.3 Å². The van der Waals surface area contributed by atoms with Crippen LogP contribution in [0.3, 0.4) is 0 Å². The van der Waals surface area contributed by atoms with E-state index in [9.17, 15) is 8.42 Å². The Morgan fingerprint density at radius 3 is 2.11 bits per heavy atom. The Balaban J connectivity index is 2.01. The van der Waals surface area contributed by atoms with Crippen molar-refractivity contribution in [2.45, 2.75) is 0 Å². The van der Waals surface area contributed by atoms with Gasteiger partial charge in [-0.15, -0.1) is 11.6 Å². The second kappa shape index (κ2) is 5.65. The fourth-order valence-corrected chi connectivity index (χ4v) is 3.34. The number of hydrogen-bond acceptors (Lipinski definition) is 3. The van der Waals surface area contributed by atoms with E-state index in [1.165, 1.54) is 4.31 Å². The molecule has 0 amide bonds. The van der Waals surface area contributed by atoms with Crippen LogP contribution in [0.2, 0.25) is 5.02 Å². The van der Waals surface area contributed by atoms with Crippen LogP contribution < -0.4 is 4.90 Å². The van der Waals surface area contributed by atoms with E-state index in [0.29, 0.717) is 31.2 Å². The Labute approximate surface area is 117 Å². The van der Waals surface area contributed by atoms with E-state index < -0.39 is 10.0 Å². The van der Waals surface area contributed by atoms with Crippen LogP contribution >= 0.6 is 23.2 Å². The van der Waals surface area contributed by atoms with Crippen molar-refractivity contribution in [2.75, 3.05) is 36.3 Å². The molecule has 100 valence electrons. The number of rotatable bonds is 3. The predicted molar refractivity (Wildman–Crippen MR) is 74.9 cm³/mol. The standard InChI is InChI=1S/C11H14Cl2N2O2S/c12-9-18(16,17)15-7-5-14(6-8-15)11-3-1-10(13)2-4-11/h1-4H,5-9H2. The summed E-state index contributed by atoms with van der Waals surface area (Å²) in [6, 6.07) is 7.54. The SMILES string of the molecule is O=S(=O)(CCl)N1CCN(c2ccc(Cl)cc2)CC1. The summed E-state index contributed by atoms with van der Waals surface area (Å²) in [5.74, 6) is 0. The quantitative estimate of drug-likeness (QED) is 0.802. The van der Waals surface area contributed by atoms with Crippen LogP contribution in [0, 0.1) is 0 Å². The fraction of sp³-hybridized carbons (Fsp3) is 0.455. The summed E-state index contributed by atoms with van der Waals surface area (Å²) in [5, 5.41) is 0.343. The van der Waals surface area contributed by atoms with E-state index in [1.54, 1.807) is 0 Å². The Morgan fingerprint density at radius 1 is 1.06 bits per heavy atom.